The molecule has 1 aromatic carbocycles. The Balaban J connectivity index is 1.71. The Labute approximate surface area is 138 Å². The van der Waals surface area contributed by atoms with Crippen molar-refractivity contribution in [2.75, 3.05) is 32.1 Å². The van der Waals surface area contributed by atoms with Crippen LogP contribution in [0.4, 0.5) is 0 Å². The largest absolute Gasteiger partial charge is 0.345 e. The number of amides is 1. The number of carbonyl (C=O) groups excluding carboxylic acids is 1. The Hall–Kier alpha value is -1.00. The minimum absolute atomic E-state index is 0.0894. The van der Waals surface area contributed by atoms with E-state index in [2.05, 4.69) is 28.8 Å². The fourth-order valence-electron chi connectivity index (χ4n) is 3.41. The number of rotatable bonds is 4. The summed E-state index contributed by atoms with van der Waals surface area (Å²) in [5.74, 6) is 3.51. The van der Waals surface area contributed by atoms with E-state index < -0.39 is 0 Å². The van der Waals surface area contributed by atoms with Crippen LogP contribution in [0.5, 0.6) is 0 Å². The molecule has 1 saturated carbocycles. The molecule has 3 nitrogen and oxygen atoms in total. The molecule has 3 rings (SSSR count). The Bertz CT molecular complexity index is 528. The Morgan fingerprint density at radius 1 is 1.36 bits per heavy atom. The summed E-state index contributed by atoms with van der Waals surface area (Å²) in [6.07, 6.45) is 4.22. The topological polar surface area (TPSA) is 23.6 Å². The highest BCUT2D eigenvalue weighted by atomic mass is 32.2. The third-order valence-electron chi connectivity index (χ3n) is 4.94. The summed E-state index contributed by atoms with van der Waals surface area (Å²) in [7, 11) is 3.62. The lowest BCUT2D eigenvalue weighted by Gasteiger charge is -2.43. The van der Waals surface area contributed by atoms with Gasteiger partial charge in [0.1, 0.15) is 0 Å². The van der Waals surface area contributed by atoms with Crippen molar-refractivity contribution in [3.8, 4) is 0 Å². The molecule has 0 radical (unpaired) electrons. The minimum atomic E-state index is 0.0894. The molecule has 0 spiro atoms. The highest BCUT2D eigenvalue weighted by Crippen LogP contribution is 2.36. The molecule has 1 amide bonds. The quantitative estimate of drug-likeness (QED) is 0.852. The highest BCUT2D eigenvalue weighted by molar-refractivity contribution is 7.99. The average Bonchev–Trinajstić information content (AvgIpc) is 2.47. The van der Waals surface area contributed by atoms with Crippen molar-refractivity contribution in [3.05, 3.63) is 35.4 Å². The van der Waals surface area contributed by atoms with Crippen LogP contribution in [0.25, 0.3) is 0 Å². The van der Waals surface area contributed by atoms with E-state index in [0.717, 1.165) is 24.1 Å². The molecule has 4 heteroatoms. The molecule has 1 aromatic rings. The zero-order valence-electron chi connectivity index (χ0n) is 13.6. The van der Waals surface area contributed by atoms with Gasteiger partial charge in [0, 0.05) is 50.3 Å². The molecule has 120 valence electrons. The van der Waals surface area contributed by atoms with Crippen molar-refractivity contribution in [1.82, 2.24) is 9.80 Å². The average molecular weight is 318 g/mol. The van der Waals surface area contributed by atoms with Crippen LogP contribution in [0.2, 0.25) is 0 Å². The molecular weight excluding hydrogens is 292 g/mol. The zero-order valence-corrected chi connectivity index (χ0v) is 14.4. The van der Waals surface area contributed by atoms with Gasteiger partial charge in [0.2, 0.25) is 0 Å². The number of carbonyl (C=O) groups is 1. The number of hydrogen-bond donors (Lipinski definition) is 0. The van der Waals surface area contributed by atoms with E-state index in [1.807, 2.05) is 26.2 Å². The first-order chi connectivity index (χ1) is 10.6. The molecule has 0 unspecified atom stereocenters. The van der Waals surface area contributed by atoms with Crippen LogP contribution in [0.15, 0.2) is 24.3 Å². The summed E-state index contributed by atoms with van der Waals surface area (Å²) in [5, 5.41) is 0. The number of benzene rings is 1. The lowest BCUT2D eigenvalue weighted by molar-refractivity contribution is 0.0827. The molecule has 1 heterocycles. The van der Waals surface area contributed by atoms with E-state index in [-0.39, 0.29) is 5.91 Å². The molecule has 2 aliphatic rings. The van der Waals surface area contributed by atoms with Gasteiger partial charge in [-0.15, -0.1) is 0 Å². The van der Waals surface area contributed by atoms with Gasteiger partial charge < -0.3 is 4.90 Å². The van der Waals surface area contributed by atoms with Gasteiger partial charge in [-0.05, 0) is 36.5 Å². The highest BCUT2D eigenvalue weighted by Gasteiger charge is 2.33. The third kappa shape index (κ3) is 3.49. The van der Waals surface area contributed by atoms with Gasteiger partial charge in [-0.3, -0.25) is 9.69 Å². The van der Waals surface area contributed by atoms with E-state index in [9.17, 15) is 4.79 Å². The number of thioether (sulfide) groups is 1. The van der Waals surface area contributed by atoms with Crippen LogP contribution >= 0.6 is 11.8 Å². The molecule has 0 bridgehead atoms. The molecule has 22 heavy (non-hydrogen) atoms. The number of nitrogens with zero attached hydrogens (tertiary/aromatic N) is 2. The summed E-state index contributed by atoms with van der Waals surface area (Å²) >= 11 is 2.10. The van der Waals surface area contributed by atoms with Gasteiger partial charge in [0.25, 0.3) is 5.91 Å². The van der Waals surface area contributed by atoms with E-state index in [1.165, 1.54) is 42.9 Å². The van der Waals surface area contributed by atoms with Crippen molar-refractivity contribution >= 4 is 17.7 Å². The molecule has 0 N–H and O–H groups in total. The molecule has 1 aliphatic carbocycles. The summed E-state index contributed by atoms with van der Waals surface area (Å²) in [4.78, 5) is 16.4. The van der Waals surface area contributed by atoms with Crippen LogP contribution in [-0.2, 0) is 6.54 Å². The molecule has 1 aliphatic heterocycles. The van der Waals surface area contributed by atoms with E-state index in [0.29, 0.717) is 0 Å². The van der Waals surface area contributed by atoms with Gasteiger partial charge in [-0.1, -0.05) is 18.6 Å². The molecular formula is C18H26N2OS. The zero-order chi connectivity index (χ0) is 15.5. The maximum absolute atomic E-state index is 12.1. The lowest BCUT2D eigenvalue weighted by Crippen LogP contribution is -2.48. The maximum atomic E-state index is 12.1. The summed E-state index contributed by atoms with van der Waals surface area (Å²) < 4.78 is 0. The second-order valence-electron chi connectivity index (χ2n) is 6.70. The van der Waals surface area contributed by atoms with Crippen molar-refractivity contribution < 1.29 is 4.79 Å². The summed E-state index contributed by atoms with van der Waals surface area (Å²) in [6.45, 7) is 2.16. The second kappa shape index (κ2) is 7.05. The number of hydrogen-bond acceptors (Lipinski definition) is 3. The van der Waals surface area contributed by atoms with E-state index in [1.54, 1.807) is 4.90 Å². The fourth-order valence-corrected chi connectivity index (χ4v) is 4.66. The summed E-state index contributed by atoms with van der Waals surface area (Å²) in [5.41, 5.74) is 2.07. The minimum Gasteiger partial charge on any atom is -0.345 e. The smallest absolute Gasteiger partial charge is 0.253 e. The Kier molecular flexibility index (Phi) is 5.09. The van der Waals surface area contributed by atoms with E-state index in [4.69, 9.17) is 0 Å². The van der Waals surface area contributed by atoms with Gasteiger partial charge in [-0.2, -0.15) is 11.8 Å². The molecule has 1 saturated heterocycles. The van der Waals surface area contributed by atoms with Gasteiger partial charge >= 0.3 is 0 Å². The van der Waals surface area contributed by atoms with Gasteiger partial charge in [0.15, 0.2) is 0 Å². The van der Waals surface area contributed by atoms with Crippen LogP contribution in [0, 0.1) is 5.92 Å². The van der Waals surface area contributed by atoms with Crippen LogP contribution in [0.1, 0.15) is 35.2 Å². The molecule has 2 fully saturated rings. The standard InChI is InChI=1S/C18H26N2OS/c1-19(2)18(21)16-8-3-5-14(11-16)12-20-9-10-22-13-17(20)15-6-4-7-15/h3,5,8,11,15,17H,4,6-7,9-10,12-13H2,1-2H3/t17-/m1/s1. The van der Waals surface area contributed by atoms with Crippen LogP contribution < -0.4 is 0 Å². The predicted molar refractivity (Wildman–Crippen MR) is 93.3 cm³/mol. The van der Waals surface area contributed by atoms with Gasteiger partial charge in [-0.25, -0.2) is 0 Å². The Morgan fingerprint density at radius 3 is 2.86 bits per heavy atom. The normalized spacial score (nSPS) is 23.1. The van der Waals surface area contributed by atoms with Crippen LogP contribution in [0.3, 0.4) is 0 Å². The monoisotopic (exact) mass is 318 g/mol. The maximum Gasteiger partial charge on any atom is 0.253 e. The molecule has 1 atom stereocenters. The fraction of sp³-hybridized carbons (Fsp3) is 0.611. The van der Waals surface area contributed by atoms with Crippen molar-refractivity contribution in [2.24, 2.45) is 5.92 Å². The van der Waals surface area contributed by atoms with Crippen molar-refractivity contribution in [2.45, 2.75) is 31.8 Å². The van der Waals surface area contributed by atoms with E-state index >= 15 is 0 Å². The van der Waals surface area contributed by atoms with Gasteiger partial charge in [0.05, 0.1) is 0 Å². The summed E-state index contributed by atoms with van der Waals surface area (Å²) in [6, 6.07) is 8.90. The first-order valence-electron chi connectivity index (χ1n) is 8.27. The van der Waals surface area contributed by atoms with Crippen LogP contribution in [-0.4, -0.2) is 53.9 Å². The first kappa shape index (κ1) is 15.9. The molecule has 0 aromatic heterocycles. The third-order valence-corrected chi connectivity index (χ3v) is 5.99. The predicted octanol–water partition coefficient (Wildman–Crippen LogP) is 3.11. The lowest BCUT2D eigenvalue weighted by atomic mass is 9.79. The SMILES string of the molecule is CN(C)C(=O)c1cccc(CN2CCSC[C@@H]2C2CCC2)c1. The van der Waals surface area contributed by atoms with Crippen molar-refractivity contribution in [3.63, 3.8) is 0 Å². The second-order valence-corrected chi connectivity index (χ2v) is 7.85. The first-order valence-corrected chi connectivity index (χ1v) is 9.43. The Morgan fingerprint density at radius 2 is 2.18 bits per heavy atom. The van der Waals surface area contributed by atoms with Crippen molar-refractivity contribution in [1.29, 1.82) is 0 Å².